The summed E-state index contributed by atoms with van der Waals surface area (Å²) in [4.78, 5) is 17.4. The standard InChI is InChI=1S/C22H23ClN2O4S/c1-30(27,28)18-11-10-14(12-15(18)23)19(21(24)26)20(13-6-2-3-7-13)22-25-16-8-4-5-9-17(16)29-22/h4-5,8-13,19-20H,2-3,6-7H2,1H3,(H2,24,26). The molecule has 0 bridgehead atoms. The zero-order chi connectivity index (χ0) is 21.5. The van der Waals surface area contributed by atoms with Gasteiger partial charge in [0.15, 0.2) is 21.3 Å². The second-order valence-corrected chi connectivity index (χ2v) is 10.3. The van der Waals surface area contributed by atoms with Crippen LogP contribution in [0.2, 0.25) is 5.02 Å². The van der Waals surface area contributed by atoms with Gasteiger partial charge in [-0.25, -0.2) is 13.4 Å². The number of carbonyl (C=O) groups excluding carboxylic acids is 1. The van der Waals surface area contributed by atoms with E-state index in [1.807, 2.05) is 24.3 Å². The number of halogens is 1. The molecule has 158 valence electrons. The van der Waals surface area contributed by atoms with Gasteiger partial charge in [0.1, 0.15) is 5.52 Å². The zero-order valence-corrected chi connectivity index (χ0v) is 18.1. The lowest BCUT2D eigenvalue weighted by atomic mass is 9.76. The lowest BCUT2D eigenvalue weighted by Crippen LogP contribution is -2.30. The van der Waals surface area contributed by atoms with Crippen molar-refractivity contribution in [3.05, 3.63) is 58.9 Å². The summed E-state index contributed by atoms with van der Waals surface area (Å²) in [6, 6.07) is 12.0. The smallest absolute Gasteiger partial charge is 0.225 e. The van der Waals surface area contributed by atoms with Crippen molar-refractivity contribution in [2.75, 3.05) is 6.26 Å². The molecule has 2 N–H and O–H groups in total. The van der Waals surface area contributed by atoms with Gasteiger partial charge in [-0.3, -0.25) is 4.79 Å². The van der Waals surface area contributed by atoms with Crippen LogP contribution < -0.4 is 5.73 Å². The van der Waals surface area contributed by atoms with Crippen LogP contribution >= 0.6 is 11.6 Å². The second-order valence-electron chi connectivity index (χ2n) is 7.93. The van der Waals surface area contributed by atoms with E-state index in [9.17, 15) is 13.2 Å². The number of para-hydroxylation sites is 2. The van der Waals surface area contributed by atoms with Gasteiger partial charge in [-0.2, -0.15) is 0 Å². The number of nitrogens with two attached hydrogens (primary N) is 1. The number of hydrogen-bond acceptors (Lipinski definition) is 5. The molecule has 0 spiro atoms. The largest absolute Gasteiger partial charge is 0.440 e. The zero-order valence-electron chi connectivity index (χ0n) is 16.5. The van der Waals surface area contributed by atoms with E-state index in [4.69, 9.17) is 21.8 Å². The van der Waals surface area contributed by atoms with Gasteiger partial charge in [0.2, 0.25) is 5.91 Å². The molecule has 1 amide bonds. The van der Waals surface area contributed by atoms with Crippen LogP contribution in [0.15, 0.2) is 51.8 Å². The Balaban J connectivity index is 1.84. The summed E-state index contributed by atoms with van der Waals surface area (Å²) in [6.45, 7) is 0. The first-order valence-corrected chi connectivity index (χ1v) is 12.2. The van der Waals surface area contributed by atoms with Crippen LogP contribution in [0.1, 0.15) is 49.0 Å². The van der Waals surface area contributed by atoms with Crippen LogP contribution in [0.3, 0.4) is 0 Å². The van der Waals surface area contributed by atoms with E-state index in [2.05, 4.69) is 4.98 Å². The molecule has 1 aliphatic rings. The molecule has 1 aliphatic carbocycles. The first kappa shape index (κ1) is 20.9. The van der Waals surface area contributed by atoms with Crippen molar-refractivity contribution in [2.45, 2.75) is 42.4 Å². The topological polar surface area (TPSA) is 103 Å². The molecule has 0 aliphatic heterocycles. The molecule has 1 fully saturated rings. The predicted molar refractivity (Wildman–Crippen MR) is 115 cm³/mol. The maximum absolute atomic E-state index is 12.7. The van der Waals surface area contributed by atoms with Gasteiger partial charge in [-0.1, -0.05) is 42.6 Å². The summed E-state index contributed by atoms with van der Waals surface area (Å²) in [7, 11) is -3.48. The van der Waals surface area contributed by atoms with Crippen LogP contribution in [0.25, 0.3) is 11.1 Å². The Bertz CT molecular complexity index is 1170. The first-order chi connectivity index (χ1) is 14.3. The minimum absolute atomic E-state index is 0.0235. The van der Waals surface area contributed by atoms with Crippen LogP contribution in [-0.2, 0) is 14.6 Å². The Morgan fingerprint density at radius 1 is 1.20 bits per heavy atom. The molecule has 2 unspecified atom stereocenters. The Morgan fingerprint density at radius 2 is 1.90 bits per heavy atom. The molecule has 0 radical (unpaired) electrons. The molecular weight excluding hydrogens is 424 g/mol. The maximum Gasteiger partial charge on any atom is 0.225 e. The minimum Gasteiger partial charge on any atom is -0.440 e. The number of carbonyl (C=O) groups is 1. The van der Waals surface area contributed by atoms with Gasteiger partial charge in [-0.05, 0) is 48.6 Å². The molecule has 1 saturated carbocycles. The van der Waals surface area contributed by atoms with E-state index in [0.717, 1.165) is 37.5 Å². The van der Waals surface area contributed by atoms with E-state index in [-0.39, 0.29) is 21.8 Å². The third-order valence-corrected chi connectivity index (χ3v) is 7.46. The summed E-state index contributed by atoms with van der Waals surface area (Å²) >= 11 is 6.27. The van der Waals surface area contributed by atoms with Gasteiger partial charge >= 0.3 is 0 Å². The Morgan fingerprint density at radius 3 is 2.50 bits per heavy atom. The minimum atomic E-state index is -3.48. The number of nitrogens with zero attached hydrogens (tertiary/aromatic N) is 1. The van der Waals surface area contributed by atoms with Gasteiger partial charge in [0, 0.05) is 6.26 Å². The average molecular weight is 447 g/mol. The SMILES string of the molecule is CS(=O)(=O)c1ccc(C(C(N)=O)C(c2nc3ccccc3o2)C2CCCC2)cc1Cl. The highest BCUT2D eigenvalue weighted by Crippen LogP contribution is 2.46. The highest BCUT2D eigenvalue weighted by atomic mass is 35.5. The van der Waals surface area contributed by atoms with E-state index in [0.29, 0.717) is 17.0 Å². The van der Waals surface area contributed by atoms with Gasteiger partial charge in [0.05, 0.1) is 21.8 Å². The van der Waals surface area contributed by atoms with Crippen molar-refractivity contribution in [1.29, 1.82) is 0 Å². The van der Waals surface area contributed by atoms with Crippen molar-refractivity contribution in [3.8, 4) is 0 Å². The summed E-state index contributed by atoms with van der Waals surface area (Å²) in [5.41, 5.74) is 7.82. The van der Waals surface area contributed by atoms with Gasteiger partial charge < -0.3 is 10.2 Å². The third kappa shape index (κ3) is 3.96. The second kappa shape index (κ2) is 8.04. The van der Waals surface area contributed by atoms with E-state index < -0.39 is 21.7 Å². The summed E-state index contributed by atoms with van der Waals surface area (Å²) in [5.74, 6) is -0.929. The monoisotopic (exact) mass is 446 g/mol. The lowest BCUT2D eigenvalue weighted by Gasteiger charge is -2.28. The van der Waals surface area contributed by atoms with E-state index in [1.54, 1.807) is 6.07 Å². The number of rotatable bonds is 6. The molecule has 30 heavy (non-hydrogen) atoms. The normalized spacial score (nSPS) is 17.3. The molecule has 4 rings (SSSR count). The number of hydrogen-bond donors (Lipinski definition) is 1. The molecule has 0 saturated heterocycles. The molecule has 2 atom stereocenters. The van der Waals surface area contributed by atoms with Crippen LogP contribution in [0, 0.1) is 5.92 Å². The number of primary amides is 1. The number of oxazole rings is 1. The summed E-state index contributed by atoms with van der Waals surface area (Å²) < 4.78 is 29.9. The van der Waals surface area contributed by atoms with Gasteiger partial charge in [0.25, 0.3) is 0 Å². The predicted octanol–water partition coefficient (Wildman–Crippen LogP) is 4.43. The summed E-state index contributed by atoms with van der Waals surface area (Å²) in [6.07, 6.45) is 5.13. The van der Waals surface area contributed by atoms with Crippen molar-refractivity contribution >= 4 is 38.4 Å². The van der Waals surface area contributed by atoms with E-state index in [1.165, 1.54) is 12.1 Å². The average Bonchev–Trinajstić information content (AvgIpc) is 3.34. The molecule has 1 aromatic heterocycles. The number of sulfone groups is 1. The lowest BCUT2D eigenvalue weighted by molar-refractivity contribution is -0.120. The van der Waals surface area contributed by atoms with Crippen LogP contribution in [0.5, 0.6) is 0 Å². The Kier molecular flexibility index (Phi) is 5.59. The van der Waals surface area contributed by atoms with Crippen molar-refractivity contribution in [1.82, 2.24) is 4.98 Å². The molecule has 6 nitrogen and oxygen atoms in total. The quantitative estimate of drug-likeness (QED) is 0.603. The number of fused-ring (bicyclic) bond motifs is 1. The fourth-order valence-electron chi connectivity index (χ4n) is 4.53. The summed E-state index contributed by atoms with van der Waals surface area (Å²) in [5, 5.41) is 0.0731. The number of benzene rings is 2. The third-order valence-electron chi connectivity index (χ3n) is 5.88. The Hall–Kier alpha value is -2.38. The number of aromatic nitrogens is 1. The van der Waals surface area contributed by atoms with Gasteiger partial charge in [-0.15, -0.1) is 0 Å². The molecule has 1 heterocycles. The van der Waals surface area contributed by atoms with Crippen LogP contribution in [-0.4, -0.2) is 25.6 Å². The van der Waals surface area contributed by atoms with Crippen molar-refractivity contribution in [2.24, 2.45) is 11.7 Å². The number of amides is 1. The molecule has 8 heteroatoms. The Labute approximate surface area is 180 Å². The van der Waals surface area contributed by atoms with Crippen LogP contribution in [0.4, 0.5) is 0 Å². The maximum atomic E-state index is 12.7. The van der Waals surface area contributed by atoms with Crippen molar-refractivity contribution < 1.29 is 17.6 Å². The molecule has 3 aromatic rings. The highest BCUT2D eigenvalue weighted by Gasteiger charge is 2.40. The molecule has 2 aromatic carbocycles. The highest BCUT2D eigenvalue weighted by molar-refractivity contribution is 7.90. The first-order valence-electron chi connectivity index (χ1n) is 9.90. The fourth-order valence-corrected chi connectivity index (χ4v) is 5.86. The molecular formula is C22H23ClN2O4S. The van der Waals surface area contributed by atoms with Crippen molar-refractivity contribution in [3.63, 3.8) is 0 Å². The fraction of sp³-hybridized carbons (Fsp3) is 0.364. The van der Waals surface area contributed by atoms with E-state index >= 15 is 0 Å².